The van der Waals surface area contributed by atoms with Crippen LogP contribution in [0.2, 0.25) is 0 Å². The Kier molecular flexibility index (Phi) is 10.3. The van der Waals surface area contributed by atoms with Crippen LogP contribution in [0, 0.1) is 5.92 Å². The minimum absolute atomic E-state index is 0.0290. The molecule has 4 bridgehead atoms. The van der Waals surface area contributed by atoms with E-state index < -0.39 is 23.9 Å². The minimum Gasteiger partial charge on any atom is -0.446 e. The molecule has 0 fully saturated rings. The van der Waals surface area contributed by atoms with Crippen LogP contribution in [-0.2, 0) is 22.4 Å². The van der Waals surface area contributed by atoms with Crippen molar-refractivity contribution in [2.45, 2.75) is 45.2 Å². The zero-order valence-electron chi connectivity index (χ0n) is 25.1. The van der Waals surface area contributed by atoms with E-state index in [1.165, 1.54) is 22.5 Å². The summed E-state index contributed by atoms with van der Waals surface area (Å²) in [6.45, 7) is 3.87. The van der Waals surface area contributed by atoms with Crippen LogP contribution in [0.1, 0.15) is 75.4 Å². The summed E-state index contributed by atoms with van der Waals surface area (Å²) in [6.07, 6.45) is 5.60. The van der Waals surface area contributed by atoms with Crippen LogP contribution < -0.4 is 16.0 Å². The Balaban J connectivity index is 1.41. The molecule has 4 amide bonds. The summed E-state index contributed by atoms with van der Waals surface area (Å²) in [5, 5.41) is 10.9. The second-order valence-corrected chi connectivity index (χ2v) is 12.0. The number of carbonyl (C=O) groups is 4. The van der Waals surface area contributed by atoms with Gasteiger partial charge in [0.2, 0.25) is 17.7 Å². The average molecular weight is 630 g/mol. The fourth-order valence-electron chi connectivity index (χ4n) is 4.92. The number of nitrogens with zero attached hydrogens (tertiary/aromatic N) is 4. The molecule has 0 aliphatic carbocycles. The Labute approximate surface area is 264 Å². The molecule has 0 unspecified atom stereocenters. The van der Waals surface area contributed by atoms with Crippen LogP contribution in [-0.4, -0.2) is 63.1 Å². The van der Waals surface area contributed by atoms with Crippen molar-refractivity contribution < 1.29 is 23.6 Å². The third-order valence-corrected chi connectivity index (χ3v) is 8.28. The van der Waals surface area contributed by atoms with Gasteiger partial charge in [-0.05, 0) is 29.5 Å². The second kappa shape index (κ2) is 14.7. The first-order valence-corrected chi connectivity index (χ1v) is 15.6. The molecule has 3 aromatic heterocycles. The van der Waals surface area contributed by atoms with E-state index >= 15 is 0 Å². The predicted octanol–water partition coefficient (Wildman–Crippen LogP) is 3.26. The smallest absolute Gasteiger partial charge is 0.273 e. The van der Waals surface area contributed by atoms with E-state index in [0.717, 1.165) is 11.1 Å². The van der Waals surface area contributed by atoms with E-state index in [9.17, 15) is 19.2 Å². The van der Waals surface area contributed by atoms with Crippen molar-refractivity contribution in [1.82, 2.24) is 35.8 Å². The van der Waals surface area contributed by atoms with Crippen LogP contribution in [0.3, 0.4) is 0 Å². The first-order valence-electron chi connectivity index (χ1n) is 14.8. The van der Waals surface area contributed by atoms with E-state index in [2.05, 4.69) is 30.9 Å². The Morgan fingerprint density at radius 3 is 2.58 bits per heavy atom. The van der Waals surface area contributed by atoms with Gasteiger partial charge in [-0.2, -0.15) is 0 Å². The number of thiazole rings is 1. The molecule has 12 nitrogen and oxygen atoms in total. The Hall–Kier alpha value is -4.91. The number of aromatic nitrogens is 3. The lowest BCUT2D eigenvalue weighted by atomic mass is 10.0. The van der Waals surface area contributed by atoms with Crippen LogP contribution in [0.4, 0.5) is 0 Å². The number of hydrogen-bond donors (Lipinski definition) is 3. The van der Waals surface area contributed by atoms with Gasteiger partial charge in [-0.25, -0.2) is 9.97 Å². The van der Waals surface area contributed by atoms with E-state index in [1.54, 1.807) is 23.8 Å². The third kappa shape index (κ3) is 8.38. The summed E-state index contributed by atoms with van der Waals surface area (Å²) in [4.78, 5) is 67.5. The van der Waals surface area contributed by atoms with Crippen molar-refractivity contribution in [1.29, 1.82) is 0 Å². The van der Waals surface area contributed by atoms with Gasteiger partial charge in [0.05, 0.1) is 12.6 Å². The van der Waals surface area contributed by atoms with Gasteiger partial charge in [-0.3, -0.25) is 24.2 Å². The normalized spacial score (nSPS) is 18.0. The summed E-state index contributed by atoms with van der Waals surface area (Å²) >= 11 is 1.27. The molecular formula is C32H35N7O5S. The highest BCUT2D eigenvalue weighted by Gasteiger charge is 2.28. The number of rotatable bonds is 6. The molecule has 0 saturated carbocycles. The largest absolute Gasteiger partial charge is 0.446 e. The number of hydrogen-bond acceptors (Lipinski definition) is 9. The highest BCUT2D eigenvalue weighted by molar-refractivity contribution is 7.09. The number of amides is 4. The summed E-state index contributed by atoms with van der Waals surface area (Å²) in [5.41, 5.74) is 2.05. The quantitative estimate of drug-likeness (QED) is 0.293. The fraction of sp³-hybridized carbons (Fsp3) is 0.344. The van der Waals surface area contributed by atoms with Crippen LogP contribution in [0.15, 0.2) is 70.9 Å². The van der Waals surface area contributed by atoms with Crippen molar-refractivity contribution >= 4 is 35.0 Å². The van der Waals surface area contributed by atoms with Gasteiger partial charge in [0.25, 0.3) is 11.8 Å². The van der Waals surface area contributed by atoms with Gasteiger partial charge < -0.3 is 25.3 Å². The number of nitrogens with one attached hydrogen (secondary N) is 3. The number of aryl methyl sites for hydroxylation is 1. The van der Waals surface area contributed by atoms with Gasteiger partial charge in [-0.1, -0.05) is 50.2 Å². The predicted molar refractivity (Wildman–Crippen MR) is 166 cm³/mol. The molecule has 234 valence electrons. The molecule has 0 saturated heterocycles. The maximum absolute atomic E-state index is 13.4. The molecule has 1 aliphatic rings. The Morgan fingerprint density at radius 2 is 1.82 bits per heavy atom. The first-order chi connectivity index (χ1) is 21.8. The lowest BCUT2D eigenvalue weighted by Gasteiger charge is -2.25. The fourth-order valence-corrected chi connectivity index (χ4v) is 5.94. The number of fused-ring (bicyclic) bond motifs is 4. The zero-order chi connectivity index (χ0) is 31.8. The number of benzene rings is 1. The second-order valence-electron chi connectivity index (χ2n) is 11.1. The van der Waals surface area contributed by atoms with Crippen molar-refractivity contribution in [2.75, 3.05) is 19.6 Å². The topological polar surface area (TPSA) is 159 Å². The molecule has 0 radical (unpaired) electrons. The van der Waals surface area contributed by atoms with Gasteiger partial charge in [-0.15, -0.1) is 11.3 Å². The number of oxazole rings is 1. The molecule has 1 aromatic carbocycles. The maximum atomic E-state index is 13.4. The first kappa shape index (κ1) is 31.5. The highest BCUT2D eigenvalue weighted by Crippen LogP contribution is 2.26. The maximum Gasteiger partial charge on any atom is 0.273 e. The molecule has 1 aliphatic heterocycles. The molecule has 5 rings (SSSR count). The van der Waals surface area contributed by atoms with Crippen LogP contribution >= 0.6 is 11.3 Å². The molecule has 0 spiro atoms. The van der Waals surface area contributed by atoms with Gasteiger partial charge in [0.1, 0.15) is 23.0 Å². The Bertz CT molecular complexity index is 1620. The van der Waals surface area contributed by atoms with Gasteiger partial charge in [0.15, 0.2) is 5.69 Å². The zero-order valence-corrected chi connectivity index (χ0v) is 25.9. The van der Waals surface area contributed by atoms with Crippen LogP contribution in [0.25, 0.3) is 0 Å². The number of pyridine rings is 1. The Morgan fingerprint density at radius 1 is 1.02 bits per heavy atom. The summed E-state index contributed by atoms with van der Waals surface area (Å²) < 4.78 is 5.69. The SMILES string of the molecule is CC(C)[C@@H]1NC(=O)CN(C(=O)CCc2cccnc2)CCNC(=O)c2coc(n2)[C@H](Cc2ccccc2)NC(=O)c2csc1n2. The van der Waals surface area contributed by atoms with Crippen molar-refractivity contribution in [3.63, 3.8) is 0 Å². The van der Waals surface area contributed by atoms with Gasteiger partial charge in [0, 0.05) is 43.7 Å². The average Bonchev–Trinajstić information content (AvgIpc) is 3.73. The molecule has 4 heterocycles. The van der Waals surface area contributed by atoms with Crippen molar-refractivity contribution in [3.05, 3.63) is 99.9 Å². The summed E-state index contributed by atoms with van der Waals surface area (Å²) in [6, 6.07) is 12.1. The third-order valence-electron chi connectivity index (χ3n) is 7.35. The molecule has 13 heteroatoms. The monoisotopic (exact) mass is 629 g/mol. The van der Waals surface area contributed by atoms with E-state index in [-0.39, 0.29) is 61.1 Å². The van der Waals surface area contributed by atoms with Crippen LogP contribution in [0.5, 0.6) is 0 Å². The van der Waals surface area contributed by atoms with Crippen molar-refractivity contribution in [2.24, 2.45) is 5.92 Å². The van der Waals surface area contributed by atoms with E-state index in [4.69, 9.17) is 4.42 Å². The molecule has 4 aromatic rings. The molecule has 45 heavy (non-hydrogen) atoms. The number of carbonyl (C=O) groups excluding carboxylic acids is 4. The van der Waals surface area contributed by atoms with E-state index in [0.29, 0.717) is 17.8 Å². The molecule has 2 atom stereocenters. The van der Waals surface area contributed by atoms with Crippen molar-refractivity contribution in [3.8, 4) is 0 Å². The molecule has 3 N–H and O–H groups in total. The lowest BCUT2D eigenvalue weighted by molar-refractivity contribution is -0.136. The summed E-state index contributed by atoms with van der Waals surface area (Å²) in [7, 11) is 0. The standard InChI is InChI=1S/C32H35N7O5S/c1-20(2)28-32-37-25(19-45-32)30(43)35-23(15-21-7-4-3-5-8-21)31-36-24(18-44-31)29(42)34-13-14-39(17-26(40)38-28)27(41)11-10-22-9-6-12-33-16-22/h3-9,12,16,18-20,23,28H,10-11,13-15,17H2,1-2H3,(H,34,42)(H,35,43)(H,38,40)/t23-,28-/m0/s1. The minimum atomic E-state index is -0.681. The summed E-state index contributed by atoms with van der Waals surface area (Å²) in [5.74, 6) is -1.43. The van der Waals surface area contributed by atoms with E-state index in [1.807, 2.05) is 50.2 Å². The lowest BCUT2D eigenvalue weighted by Crippen LogP contribution is -2.45. The highest BCUT2D eigenvalue weighted by atomic mass is 32.1. The molecular weight excluding hydrogens is 594 g/mol. The van der Waals surface area contributed by atoms with Gasteiger partial charge >= 0.3 is 0 Å².